The molecule has 4 nitrogen and oxygen atoms in total. The van der Waals surface area contributed by atoms with E-state index in [9.17, 15) is 4.79 Å². The molecule has 0 saturated heterocycles. The lowest BCUT2D eigenvalue weighted by Gasteiger charge is -2.10. The Labute approximate surface area is 152 Å². The molecular weight excluding hydrogens is 378 g/mol. The van der Waals surface area contributed by atoms with Gasteiger partial charge in [-0.15, -0.1) is 12.4 Å². The number of nitrogens with two attached hydrogens (primary N) is 1. The lowest BCUT2D eigenvalue weighted by Crippen LogP contribution is -2.25. The van der Waals surface area contributed by atoms with Gasteiger partial charge >= 0.3 is 0 Å². The summed E-state index contributed by atoms with van der Waals surface area (Å²) in [5, 5.41) is 2.96. The van der Waals surface area contributed by atoms with Gasteiger partial charge < -0.3 is 15.6 Å². The molecule has 0 atom stereocenters. The topological polar surface area (TPSA) is 60.1 Å². The molecule has 0 unspecified atom stereocenters. The third kappa shape index (κ3) is 4.83. The summed E-state index contributed by atoms with van der Waals surface area (Å²) < 4.78 is 3.14. The van der Waals surface area contributed by atoms with Gasteiger partial charge in [-0.3, -0.25) is 4.79 Å². The fraction of sp³-hybridized carbons (Fsp3) is 0.353. The van der Waals surface area contributed by atoms with E-state index in [2.05, 4.69) is 25.8 Å². The predicted octanol–water partition coefficient (Wildman–Crippen LogP) is 3.75. The van der Waals surface area contributed by atoms with Gasteiger partial charge in [-0.2, -0.15) is 0 Å². The summed E-state index contributed by atoms with van der Waals surface area (Å²) in [7, 11) is 0. The molecule has 2 rings (SSSR count). The second kappa shape index (κ2) is 9.11. The molecule has 1 amide bonds. The lowest BCUT2D eigenvalue weighted by atomic mass is 10.2. The molecule has 0 aliphatic heterocycles. The smallest absolute Gasteiger partial charge is 0.253 e. The Kier molecular flexibility index (Phi) is 7.82. The Bertz CT molecular complexity index is 653. The molecule has 1 aromatic carbocycles. The summed E-state index contributed by atoms with van der Waals surface area (Å²) in [5.41, 5.74) is 9.25. The van der Waals surface area contributed by atoms with E-state index >= 15 is 0 Å². The van der Waals surface area contributed by atoms with E-state index in [4.69, 9.17) is 5.73 Å². The standard InChI is InChI=1S/C17H22BrN3O.ClH/c1-12-11-16(17(22)20-10-4-3-9-19)13(2)21(12)15-7-5-14(18)6-8-15;/h5-8,11H,3-4,9-10,19H2,1-2H3,(H,20,22);1H. The number of unbranched alkanes of at least 4 members (excludes halogenated alkanes) is 1. The van der Waals surface area contributed by atoms with Crippen molar-refractivity contribution in [3.05, 3.63) is 51.8 Å². The number of halogens is 2. The van der Waals surface area contributed by atoms with Crippen molar-refractivity contribution in [1.29, 1.82) is 0 Å². The molecule has 126 valence electrons. The summed E-state index contributed by atoms with van der Waals surface area (Å²) in [6, 6.07) is 10.0. The van der Waals surface area contributed by atoms with Crippen LogP contribution in [0, 0.1) is 13.8 Å². The van der Waals surface area contributed by atoms with Gasteiger partial charge in [0.15, 0.2) is 0 Å². The molecule has 0 fully saturated rings. The molecule has 0 spiro atoms. The van der Waals surface area contributed by atoms with E-state index in [0.29, 0.717) is 13.1 Å². The quantitative estimate of drug-likeness (QED) is 0.726. The zero-order valence-electron chi connectivity index (χ0n) is 13.4. The number of nitrogens with zero attached hydrogens (tertiary/aromatic N) is 1. The normalized spacial score (nSPS) is 10.3. The van der Waals surface area contributed by atoms with E-state index in [0.717, 1.165) is 40.0 Å². The highest BCUT2D eigenvalue weighted by Gasteiger charge is 2.16. The van der Waals surface area contributed by atoms with Gasteiger partial charge in [-0.1, -0.05) is 15.9 Å². The number of hydrogen-bond acceptors (Lipinski definition) is 2. The summed E-state index contributed by atoms with van der Waals surface area (Å²) in [6.07, 6.45) is 1.84. The van der Waals surface area contributed by atoms with Crippen LogP contribution in [-0.4, -0.2) is 23.6 Å². The minimum absolute atomic E-state index is 0. The molecule has 1 heterocycles. The molecular formula is C17H23BrClN3O. The van der Waals surface area contributed by atoms with Gasteiger partial charge in [0.1, 0.15) is 0 Å². The molecule has 0 aliphatic rings. The first-order valence-electron chi connectivity index (χ1n) is 7.47. The van der Waals surface area contributed by atoms with Crippen molar-refractivity contribution < 1.29 is 4.79 Å². The van der Waals surface area contributed by atoms with Crippen molar-refractivity contribution >= 4 is 34.2 Å². The first-order valence-corrected chi connectivity index (χ1v) is 8.27. The Balaban J connectivity index is 0.00000264. The minimum Gasteiger partial charge on any atom is -0.352 e. The van der Waals surface area contributed by atoms with Gasteiger partial charge in [0.2, 0.25) is 0 Å². The van der Waals surface area contributed by atoms with Crippen LogP contribution in [0.5, 0.6) is 0 Å². The summed E-state index contributed by atoms with van der Waals surface area (Å²) in [5.74, 6) is -0.0199. The zero-order chi connectivity index (χ0) is 16.1. The molecule has 23 heavy (non-hydrogen) atoms. The number of hydrogen-bond donors (Lipinski definition) is 2. The minimum atomic E-state index is -0.0199. The second-order valence-electron chi connectivity index (χ2n) is 5.35. The molecule has 1 aromatic heterocycles. The average molecular weight is 401 g/mol. The largest absolute Gasteiger partial charge is 0.352 e. The molecule has 3 N–H and O–H groups in total. The van der Waals surface area contributed by atoms with Crippen LogP contribution in [0.25, 0.3) is 5.69 Å². The Morgan fingerprint density at radius 2 is 1.87 bits per heavy atom. The molecule has 0 aliphatic carbocycles. The van der Waals surface area contributed by atoms with Gasteiger partial charge in [-0.05, 0) is 63.6 Å². The van der Waals surface area contributed by atoms with Crippen LogP contribution in [0.1, 0.15) is 34.6 Å². The van der Waals surface area contributed by atoms with Crippen LogP contribution in [0.3, 0.4) is 0 Å². The highest BCUT2D eigenvalue weighted by Crippen LogP contribution is 2.22. The number of carbonyl (C=O) groups is 1. The number of benzene rings is 1. The number of amides is 1. The van der Waals surface area contributed by atoms with Crippen molar-refractivity contribution in [1.82, 2.24) is 9.88 Å². The first-order chi connectivity index (χ1) is 10.5. The van der Waals surface area contributed by atoms with E-state index in [1.165, 1.54) is 0 Å². The summed E-state index contributed by atoms with van der Waals surface area (Å²) >= 11 is 3.44. The van der Waals surface area contributed by atoms with Crippen molar-refractivity contribution in [3.8, 4) is 5.69 Å². The monoisotopic (exact) mass is 399 g/mol. The van der Waals surface area contributed by atoms with Gasteiger partial charge in [0, 0.05) is 28.1 Å². The molecule has 0 saturated carbocycles. The lowest BCUT2D eigenvalue weighted by molar-refractivity contribution is 0.0952. The molecule has 0 radical (unpaired) electrons. The van der Waals surface area contributed by atoms with Gasteiger partial charge in [0.25, 0.3) is 5.91 Å². The van der Waals surface area contributed by atoms with Crippen molar-refractivity contribution in [2.24, 2.45) is 5.73 Å². The van der Waals surface area contributed by atoms with Crippen LogP contribution in [0.4, 0.5) is 0 Å². The highest BCUT2D eigenvalue weighted by molar-refractivity contribution is 9.10. The number of carbonyl (C=O) groups excluding carboxylic acids is 1. The predicted molar refractivity (Wildman–Crippen MR) is 101 cm³/mol. The number of aromatic nitrogens is 1. The van der Waals surface area contributed by atoms with Crippen LogP contribution >= 0.6 is 28.3 Å². The molecule has 6 heteroatoms. The van der Waals surface area contributed by atoms with Gasteiger partial charge in [0.05, 0.1) is 5.56 Å². The summed E-state index contributed by atoms with van der Waals surface area (Å²) in [4.78, 5) is 12.3. The van der Waals surface area contributed by atoms with E-state index < -0.39 is 0 Å². The van der Waals surface area contributed by atoms with Crippen LogP contribution < -0.4 is 11.1 Å². The Morgan fingerprint density at radius 1 is 1.22 bits per heavy atom. The van der Waals surface area contributed by atoms with Gasteiger partial charge in [-0.25, -0.2) is 0 Å². The average Bonchev–Trinajstić information content (AvgIpc) is 2.80. The first kappa shape index (κ1) is 19.7. The van der Waals surface area contributed by atoms with E-state index in [1.54, 1.807) is 0 Å². The van der Waals surface area contributed by atoms with E-state index in [1.807, 2.05) is 44.2 Å². The number of aryl methyl sites for hydroxylation is 1. The third-order valence-corrected chi connectivity index (χ3v) is 4.21. The Hall–Kier alpha value is -1.30. The van der Waals surface area contributed by atoms with Crippen LogP contribution in [0.15, 0.2) is 34.8 Å². The fourth-order valence-corrected chi connectivity index (χ4v) is 2.81. The fourth-order valence-electron chi connectivity index (χ4n) is 2.55. The van der Waals surface area contributed by atoms with Crippen molar-refractivity contribution in [2.75, 3.05) is 13.1 Å². The molecule has 0 bridgehead atoms. The highest BCUT2D eigenvalue weighted by atomic mass is 79.9. The number of rotatable bonds is 6. The van der Waals surface area contributed by atoms with E-state index in [-0.39, 0.29) is 18.3 Å². The van der Waals surface area contributed by atoms with Crippen molar-refractivity contribution in [2.45, 2.75) is 26.7 Å². The van der Waals surface area contributed by atoms with Crippen LogP contribution in [0.2, 0.25) is 0 Å². The van der Waals surface area contributed by atoms with Crippen molar-refractivity contribution in [3.63, 3.8) is 0 Å². The third-order valence-electron chi connectivity index (χ3n) is 3.68. The maximum atomic E-state index is 12.3. The zero-order valence-corrected chi connectivity index (χ0v) is 15.8. The second-order valence-corrected chi connectivity index (χ2v) is 6.26. The Morgan fingerprint density at radius 3 is 2.48 bits per heavy atom. The van der Waals surface area contributed by atoms with Crippen LogP contribution in [-0.2, 0) is 0 Å². The summed E-state index contributed by atoms with van der Waals surface area (Å²) in [6.45, 7) is 5.32. The maximum absolute atomic E-state index is 12.3. The number of nitrogens with one attached hydrogen (secondary N) is 1. The maximum Gasteiger partial charge on any atom is 0.253 e. The molecule has 2 aromatic rings. The SMILES string of the molecule is Cc1cc(C(=O)NCCCCN)c(C)n1-c1ccc(Br)cc1.Cl.